The number of H-pyrrole nitrogens is 1. The molecular formula is C20H21N3O5. The summed E-state index contributed by atoms with van der Waals surface area (Å²) in [5, 5.41) is 0.354. The summed E-state index contributed by atoms with van der Waals surface area (Å²) in [6.45, 7) is 1.04. The van der Waals surface area contributed by atoms with E-state index in [1.165, 1.54) is 4.57 Å². The number of benzene rings is 1. The molecule has 0 aliphatic carbocycles. The molecule has 28 heavy (non-hydrogen) atoms. The molecule has 1 aromatic carbocycles. The van der Waals surface area contributed by atoms with Crippen LogP contribution < -0.4 is 20.7 Å². The average Bonchev–Trinajstić information content (AvgIpc) is 3.23. The van der Waals surface area contributed by atoms with Crippen LogP contribution in [-0.4, -0.2) is 41.5 Å². The van der Waals surface area contributed by atoms with E-state index in [2.05, 4.69) is 9.97 Å². The maximum atomic E-state index is 12.7. The van der Waals surface area contributed by atoms with Gasteiger partial charge in [-0.1, -0.05) is 6.07 Å². The van der Waals surface area contributed by atoms with E-state index < -0.39 is 11.2 Å². The number of aromatic amines is 1. The Morgan fingerprint density at radius 3 is 2.75 bits per heavy atom. The quantitative estimate of drug-likeness (QED) is 0.724. The fourth-order valence-corrected chi connectivity index (χ4v) is 3.61. The van der Waals surface area contributed by atoms with Gasteiger partial charge in [0.15, 0.2) is 11.5 Å². The van der Waals surface area contributed by atoms with Crippen molar-refractivity contribution in [1.82, 2.24) is 14.5 Å². The predicted molar refractivity (Wildman–Crippen MR) is 104 cm³/mol. The van der Waals surface area contributed by atoms with Gasteiger partial charge in [0.25, 0.3) is 5.56 Å². The number of nitrogens with one attached hydrogen (secondary N) is 1. The second-order valence-corrected chi connectivity index (χ2v) is 6.63. The third-order valence-corrected chi connectivity index (χ3v) is 4.98. The summed E-state index contributed by atoms with van der Waals surface area (Å²) in [4.78, 5) is 31.9. The highest BCUT2D eigenvalue weighted by atomic mass is 16.5. The number of fused-ring (bicyclic) bond motifs is 1. The maximum absolute atomic E-state index is 12.7. The van der Waals surface area contributed by atoms with Crippen LogP contribution in [-0.2, 0) is 11.3 Å². The molecule has 1 fully saturated rings. The zero-order chi connectivity index (χ0) is 19.7. The van der Waals surface area contributed by atoms with Gasteiger partial charge in [-0.05, 0) is 42.2 Å². The van der Waals surface area contributed by atoms with Crippen LogP contribution in [0.15, 0.2) is 40.1 Å². The third-order valence-electron chi connectivity index (χ3n) is 4.98. The van der Waals surface area contributed by atoms with Crippen molar-refractivity contribution in [1.29, 1.82) is 0 Å². The van der Waals surface area contributed by atoms with Gasteiger partial charge < -0.3 is 14.2 Å². The van der Waals surface area contributed by atoms with Crippen LogP contribution in [0.3, 0.4) is 0 Å². The number of hydrogen-bond acceptors (Lipinski definition) is 6. The first-order chi connectivity index (χ1) is 13.6. The molecule has 1 aliphatic rings. The van der Waals surface area contributed by atoms with Gasteiger partial charge in [0, 0.05) is 12.8 Å². The number of methoxy groups -OCH3 is 2. The molecule has 4 rings (SSSR count). The molecule has 146 valence electrons. The third kappa shape index (κ3) is 3.16. The monoisotopic (exact) mass is 383 g/mol. The topological polar surface area (TPSA) is 95.4 Å². The molecular weight excluding hydrogens is 362 g/mol. The second kappa shape index (κ2) is 7.47. The van der Waals surface area contributed by atoms with Gasteiger partial charge in [0.1, 0.15) is 5.65 Å². The Morgan fingerprint density at radius 2 is 2.04 bits per heavy atom. The number of aromatic nitrogens is 3. The van der Waals surface area contributed by atoms with Crippen LogP contribution in [0.5, 0.6) is 11.5 Å². The molecule has 3 aromatic rings. The minimum absolute atomic E-state index is 0.0571. The summed E-state index contributed by atoms with van der Waals surface area (Å²) >= 11 is 0. The van der Waals surface area contributed by atoms with Crippen LogP contribution in [0.25, 0.3) is 22.2 Å². The molecule has 1 atom stereocenters. The van der Waals surface area contributed by atoms with Gasteiger partial charge >= 0.3 is 5.69 Å². The Bertz CT molecular complexity index is 1130. The Labute approximate surface area is 160 Å². The van der Waals surface area contributed by atoms with E-state index in [9.17, 15) is 9.59 Å². The predicted octanol–water partition coefficient (Wildman–Crippen LogP) is 1.95. The Morgan fingerprint density at radius 1 is 1.21 bits per heavy atom. The molecule has 2 aromatic heterocycles. The molecule has 0 amide bonds. The summed E-state index contributed by atoms with van der Waals surface area (Å²) in [6.07, 6.45) is 3.38. The zero-order valence-corrected chi connectivity index (χ0v) is 15.7. The van der Waals surface area contributed by atoms with Crippen molar-refractivity contribution in [3.63, 3.8) is 0 Å². The molecule has 0 spiro atoms. The van der Waals surface area contributed by atoms with E-state index in [1.807, 2.05) is 6.07 Å². The van der Waals surface area contributed by atoms with Crippen LogP contribution >= 0.6 is 0 Å². The van der Waals surface area contributed by atoms with Crippen molar-refractivity contribution < 1.29 is 14.2 Å². The van der Waals surface area contributed by atoms with Crippen molar-refractivity contribution in [3.8, 4) is 22.6 Å². The SMILES string of the molecule is COc1ccc(-c2ccnc3c2c(=O)[nH]c(=O)n3CC2CCCO2)cc1OC. The largest absolute Gasteiger partial charge is 0.493 e. The number of nitrogens with zero attached hydrogens (tertiary/aromatic N) is 2. The Balaban J connectivity index is 1.91. The normalized spacial score (nSPS) is 16.4. The number of pyridine rings is 1. The molecule has 1 N–H and O–H groups in total. The molecule has 1 aliphatic heterocycles. The van der Waals surface area contributed by atoms with Gasteiger partial charge in [-0.3, -0.25) is 14.3 Å². The average molecular weight is 383 g/mol. The lowest BCUT2D eigenvalue weighted by Gasteiger charge is -2.15. The molecule has 0 bridgehead atoms. The minimum Gasteiger partial charge on any atom is -0.493 e. The van der Waals surface area contributed by atoms with Crippen molar-refractivity contribution in [2.45, 2.75) is 25.5 Å². The van der Waals surface area contributed by atoms with Crippen molar-refractivity contribution in [3.05, 3.63) is 51.3 Å². The fourth-order valence-electron chi connectivity index (χ4n) is 3.61. The maximum Gasteiger partial charge on any atom is 0.330 e. The second-order valence-electron chi connectivity index (χ2n) is 6.63. The first kappa shape index (κ1) is 18.2. The van der Waals surface area contributed by atoms with Crippen molar-refractivity contribution in [2.24, 2.45) is 0 Å². The Hall–Kier alpha value is -3.13. The van der Waals surface area contributed by atoms with Gasteiger partial charge in [0.05, 0.1) is 32.3 Å². The highest BCUT2D eigenvalue weighted by molar-refractivity contribution is 5.92. The van der Waals surface area contributed by atoms with Crippen LogP contribution in [0.2, 0.25) is 0 Å². The molecule has 8 nitrogen and oxygen atoms in total. The van der Waals surface area contributed by atoms with E-state index >= 15 is 0 Å². The van der Waals surface area contributed by atoms with E-state index in [1.54, 1.807) is 38.6 Å². The number of ether oxygens (including phenoxy) is 3. The molecule has 0 radical (unpaired) electrons. The van der Waals surface area contributed by atoms with Gasteiger partial charge in [0.2, 0.25) is 0 Å². The molecule has 1 saturated heterocycles. The lowest BCUT2D eigenvalue weighted by molar-refractivity contribution is 0.0967. The number of rotatable bonds is 5. The van der Waals surface area contributed by atoms with Crippen LogP contribution in [0.1, 0.15) is 12.8 Å². The minimum atomic E-state index is -0.482. The summed E-state index contributed by atoms with van der Waals surface area (Å²) in [5.74, 6) is 1.14. The molecule has 1 unspecified atom stereocenters. The summed E-state index contributed by atoms with van der Waals surface area (Å²) in [7, 11) is 3.12. The Kier molecular flexibility index (Phi) is 4.87. The van der Waals surface area contributed by atoms with Gasteiger partial charge in [-0.15, -0.1) is 0 Å². The summed E-state index contributed by atoms with van der Waals surface area (Å²) in [5.41, 5.74) is 0.814. The summed E-state index contributed by atoms with van der Waals surface area (Å²) < 4.78 is 17.8. The standard InChI is InChI=1S/C20H21N3O5/c1-26-15-6-5-12(10-16(15)27-2)14-7-8-21-18-17(14)19(24)22-20(25)23(18)11-13-4-3-9-28-13/h5-8,10,13H,3-4,9,11H2,1-2H3,(H,22,24,25). The molecule has 3 heterocycles. The first-order valence-electron chi connectivity index (χ1n) is 9.08. The van der Waals surface area contributed by atoms with E-state index in [0.29, 0.717) is 41.2 Å². The van der Waals surface area contributed by atoms with Crippen LogP contribution in [0, 0.1) is 0 Å². The van der Waals surface area contributed by atoms with E-state index in [-0.39, 0.29) is 6.10 Å². The van der Waals surface area contributed by atoms with E-state index in [4.69, 9.17) is 14.2 Å². The molecule has 0 saturated carbocycles. The highest BCUT2D eigenvalue weighted by Crippen LogP contribution is 2.34. The van der Waals surface area contributed by atoms with Gasteiger partial charge in [-0.2, -0.15) is 0 Å². The zero-order valence-electron chi connectivity index (χ0n) is 15.7. The summed E-state index contributed by atoms with van der Waals surface area (Å²) in [6, 6.07) is 7.16. The van der Waals surface area contributed by atoms with Crippen molar-refractivity contribution in [2.75, 3.05) is 20.8 Å². The fraction of sp³-hybridized carbons (Fsp3) is 0.350. The van der Waals surface area contributed by atoms with Crippen molar-refractivity contribution >= 4 is 11.0 Å². The first-order valence-corrected chi connectivity index (χ1v) is 9.08. The highest BCUT2D eigenvalue weighted by Gasteiger charge is 2.20. The number of hydrogen-bond donors (Lipinski definition) is 1. The molecule has 8 heteroatoms. The lowest BCUT2D eigenvalue weighted by atomic mass is 10.0. The van der Waals surface area contributed by atoms with Crippen LogP contribution in [0.4, 0.5) is 0 Å². The van der Waals surface area contributed by atoms with Gasteiger partial charge in [-0.25, -0.2) is 9.78 Å². The lowest BCUT2D eigenvalue weighted by Crippen LogP contribution is -2.34. The van der Waals surface area contributed by atoms with E-state index in [0.717, 1.165) is 18.4 Å². The smallest absolute Gasteiger partial charge is 0.330 e.